The second-order valence-electron chi connectivity index (χ2n) is 6.47. The minimum absolute atomic E-state index is 0.299. The first-order valence-electron chi connectivity index (χ1n) is 8.51. The number of carbonyl (C=O) groups excluding carboxylic acids is 1. The Morgan fingerprint density at radius 1 is 1.19 bits per heavy atom. The van der Waals surface area contributed by atoms with E-state index in [2.05, 4.69) is 15.6 Å². The van der Waals surface area contributed by atoms with Crippen molar-refractivity contribution in [2.24, 2.45) is 0 Å². The van der Waals surface area contributed by atoms with Crippen LogP contribution in [0.3, 0.4) is 0 Å². The van der Waals surface area contributed by atoms with Crippen molar-refractivity contribution in [3.8, 4) is 5.75 Å². The number of fused-ring (bicyclic) bond motifs is 1. The van der Waals surface area contributed by atoms with Gasteiger partial charge in [-0.2, -0.15) is 0 Å². The largest absolute Gasteiger partial charge is 0.486 e. The standard InChI is InChI=1S/C20H18FN3O2S/c1-11-3-5-13(6-4-11)26-9-18-22-17(10-27-18)19-23-16-7-12(2)15(21)8-14(16)20(25)24-19/h3-8,10,19,23H,9H2,1-2H3,(H,24,25). The zero-order chi connectivity index (χ0) is 19.0. The summed E-state index contributed by atoms with van der Waals surface area (Å²) in [5.74, 6) is 0.0688. The Balaban J connectivity index is 1.47. The smallest absolute Gasteiger partial charge is 0.255 e. The van der Waals surface area contributed by atoms with Crippen LogP contribution in [0.1, 0.15) is 38.4 Å². The highest BCUT2D eigenvalue weighted by Crippen LogP contribution is 2.29. The van der Waals surface area contributed by atoms with Crippen LogP contribution in [0.25, 0.3) is 0 Å². The van der Waals surface area contributed by atoms with E-state index < -0.39 is 12.0 Å². The summed E-state index contributed by atoms with van der Waals surface area (Å²) in [4.78, 5) is 16.9. The van der Waals surface area contributed by atoms with Gasteiger partial charge in [-0.3, -0.25) is 4.79 Å². The van der Waals surface area contributed by atoms with E-state index in [1.807, 2.05) is 36.6 Å². The maximum Gasteiger partial charge on any atom is 0.255 e. The fourth-order valence-corrected chi connectivity index (χ4v) is 3.57. The minimum atomic E-state index is -0.459. The Labute approximate surface area is 160 Å². The van der Waals surface area contributed by atoms with Crippen molar-refractivity contribution in [1.29, 1.82) is 0 Å². The molecule has 2 heterocycles. The number of aromatic nitrogens is 1. The van der Waals surface area contributed by atoms with Crippen molar-refractivity contribution < 1.29 is 13.9 Å². The fraction of sp³-hybridized carbons (Fsp3) is 0.200. The zero-order valence-electron chi connectivity index (χ0n) is 14.9. The lowest BCUT2D eigenvalue weighted by Gasteiger charge is -2.27. The van der Waals surface area contributed by atoms with Gasteiger partial charge in [0.1, 0.15) is 29.3 Å². The molecule has 2 aromatic carbocycles. The van der Waals surface area contributed by atoms with Gasteiger partial charge < -0.3 is 15.4 Å². The molecule has 0 saturated heterocycles. The van der Waals surface area contributed by atoms with Gasteiger partial charge in [0.15, 0.2) is 0 Å². The average Bonchev–Trinajstić information content (AvgIpc) is 3.12. The zero-order valence-corrected chi connectivity index (χ0v) is 15.7. The van der Waals surface area contributed by atoms with Crippen LogP contribution >= 0.6 is 11.3 Å². The molecule has 27 heavy (non-hydrogen) atoms. The van der Waals surface area contributed by atoms with Crippen LogP contribution in [0.5, 0.6) is 5.75 Å². The van der Waals surface area contributed by atoms with Crippen molar-refractivity contribution in [3.63, 3.8) is 0 Å². The van der Waals surface area contributed by atoms with E-state index in [-0.39, 0.29) is 5.91 Å². The molecule has 2 N–H and O–H groups in total. The topological polar surface area (TPSA) is 63.2 Å². The number of nitrogens with one attached hydrogen (secondary N) is 2. The molecule has 1 amide bonds. The molecule has 5 nitrogen and oxygen atoms in total. The highest BCUT2D eigenvalue weighted by molar-refractivity contribution is 7.09. The Morgan fingerprint density at radius 2 is 1.96 bits per heavy atom. The second kappa shape index (κ2) is 7.00. The van der Waals surface area contributed by atoms with Gasteiger partial charge in [0.05, 0.1) is 11.3 Å². The summed E-state index contributed by atoms with van der Waals surface area (Å²) in [6.07, 6.45) is -0.459. The lowest BCUT2D eigenvalue weighted by Crippen LogP contribution is -2.38. The number of rotatable bonds is 4. The van der Waals surface area contributed by atoms with E-state index in [9.17, 15) is 9.18 Å². The number of carbonyl (C=O) groups is 1. The monoisotopic (exact) mass is 383 g/mol. The molecule has 7 heteroatoms. The number of thiazole rings is 1. The van der Waals surface area contributed by atoms with Gasteiger partial charge in [0.25, 0.3) is 5.91 Å². The maximum atomic E-state index is 13.7. The average molecular weight is 383 g/mol. The number of amides is 1. The van der Waals surface area contributed by atoms with Crippen LogP contribution in [-0.4, -0.2) is 10.9 Å². The van der Waals surface area contributed by atoms with Crippen LogP contribution in [0.15, 0.2) is 41.8 Å². The van der Waals surface area contributed by atoms with Crippen LogP contribution in [0.4, 0.5) is 10.1 Å². The molecule has 138 valence electrons. The third kappa shape index (κ3) is 3.64. The Bertz CT molecular complexity index is 1000. The minimum Gasteiger partial charge on any atom is -0.486 e. The number of ether oxygens (including phenoxy) is 1. The van der Waals surface area contributed by atoms with Gasteiger partial charge in [-0.25, -0.2) is 9.37 Å². The molecule has 0 aliphatic carbocycles. The fourth-order valence-electron chi connectivity index (χ4n) is 2.84. The highest BCUT2D eigenvalue weighted by Gasteiger charge is 2.27. The summed E-state index contributed by atoms with van der Waals surface area (Å²) >= 11 is 1.47. The van der Waals surface area contributed by atoms with E-state index >= 15 is 0 Å². The summed E-state index contributed by atoms with van der Waals surface area (Å²) < 4.78 is 19.5. The van der Waals surface area contributed by atoms with Crippen molar-refractivity contribution >= 4 is 22.9 Å². The van der Waals surface area contributed by atoms with Crippen molar-refractivity contribution in [2.45, 2.75) is 26.6 Å². The number of halogens is 1. The molecule has 1 aliphatic rings. The highest BCUT2D eigenvalue weighted by atomic mass is 32.1. The summed E-state index contributed by atoms with van der Waals surface area (Å²) in [6.45, 7) is 4.05. The van der Waals surface area contributed by atoms with Crippen molar-refractivity contribution in [1.82, 2.24) is 10.3 Å². The van der Waals surface area contributed by atoms with Gasteiger partial charge in [0.2, 0.25) is 0 Å². The Morgan fingerprint density at radius 3 is 2.74 bits per heavy atom. The summed E-state index contributed by atoms with van der Waals surface area (Å²) in [6, 6.07) is 10.7. The van der Waals surface area contributed by atoms with Crippen LogP contribution in [-0.2, 0) is 6.61 Å². The van der Waals surface area contributed by atoms with E-state index in [1.165, 1.54) is 23.0 Å². The molecule has 3 aromatic rings. The number of hydrogen-bond acceptors (Lipinski definition) is 5. The first-order chi connectivity index (χ1) is 13.0. The second-order valence-corrected chi connectivity index (χ2v) is 7.41. The quantitative estimate of drug-likeness (QED) is 0.704. The van der Waals surface area contributed by atoms with E-state index in [0.717, 1.165) is 10.8 Å². The van der Waals surface area contributed by atoms with Gasteiger partial charge in [-0.15, -0.1) is 11.3 Å². The predicted octanol–water partition coefficient (Wildman–Crippen LogP) is 4.33. The molecule has 0 saturated carbocycles. The summed E-state index contributed by atoms with van der Waals surface area (Å²) in [5, 5.41) is 8.72. The summed E-state index contributed by atoms with van der Waals surface area (Å²) in [7, 11) is 0. The normalized spacial score (nSPS) is 15.7. The van der Waals surface area contributed by atoms with E-state index in [1.54, 1.807) is 13.0 Å². The third-order valence-corrected chi connectivity index (χ3v) is 5.21. The molecule has 1 aliphatic heterocycles. The number of nitrogens with zero attached hydrogens (tertiary/aromatic N) is 1. The molecular formula is C20H18FN3O2S. The molecule has 1 unspecified atom stereocenters. The maximum absolute atomic E-state index is 13.7. The molecule has 4 rings (SSSR count). The molecule has 0 radical (unpaired) electrons. The van der Waals surface area contributed by atoms with E-state index in [4.69, 9.17) is 4.74 Å². The first kappa shape index (κ1) is 17.5. The molecule has 0 bridgehead atoms. The number of anilines is 1. The molecular weight excluding hydrogens is 365 g/mol. The van der Waals surface area contributed by atoms with Crippen LogP contribution in [0, 0.1) is 19.7 Å². The SMILES string of the molecule is Cc1ccc(OCc2nc(C3NC(=O)c4cc(F)c(C)cc4N3)cs2)cc1. The number of aryl methyl sites for hydroxylation is 2. The molecule has 1 aromatic heterocycles. The molecule has 0 fully saturated rings. The predicted molar refractivity (Wildman–Crippen MR) is 103 cm³/mol. The number of benzene rings is 2. The van der Waals surface area contributed by atoms with Crippen LogP contribution in [0.2, 0.25) is 0 Å². The summed E-state index contributed by atoms with van der Waals surface area (Å²) in [5.41, 5.74) is 3.26. The van der Waals surface area contributed by atoms with Gasteiger partial charge >= 0.3 is 0 Å². The van der Waals surface area contributed by atoms with Crippen LogP contribution < -0.4 is 15.4 Å². The Hall–Kier alpha value is -2.93. The third-order valence-electron chi connectivity index (χ3n) is 4.37. The van der Waals surface area contributed by atoms with Gasteiger partial charge in [-0.05, 0) is 43.7 Å². The lowest BCUT2D eigenvalue weighted by atomic mass is 10.1. The van der Waals surface area contributed by atoms with Gasteiger partial charge in [-0.1, -0.05) is 17.7 Å². The van der Waals surface area contributed by atoms with E-state index in [0.29, 0.717) is 29.1 Å². The molecule has 0 spiro atoms. The first-order valence-corrected chi connectivity index (χ1v) is 9.39. The van der Waals surface area contributed by atoms with Crippen molar-refractivity contribution in [3.05, 3.63) is 75.0 Å². The Kier molecular flexibility index (Phi) is 4.53. The van der Waals surface area contributed by atoms with Crippen molar-refractivity contribution in [2.75, 3.05) is 5.32 Å². The number of hydrogen-bond donors (Lipinski definition) is 2. The lowest BCUT2D eigenvalue weighted by molar-refractivity contribution is 0.0934. The van der Waals surface area contributed by atoms with Gasteiger partial charge in [0, 0.05) is 11.1 Å². The molecule has 1 atom stereocenters.